The molecule has 1 fully saturated rings. The van der Waals surface area contributed by atoms with Crippen LogP contribution in [0.4, 0.5) is 5.69 Å². The molecule has 1 aliphatic rings. The summed E-state index contributed by atoms with van der Waals surface area (Å²) in [4.78, 5) is 13.7. The molecule has 1 saturated heterocycles. The maximum absolute atomic E-state index is 11.9. The van der Waals surface area contributed by atoms with Crippen molar-refractivity contribution in [3.8, 4) is 0 Å². The number of hydrogen-bond acceptors (Lipinski definition) is 3. The Morgan fingerprint density at radius 2 is 2.29 bits per heavy atom. The van der Waals surface area contributed by atoms with Crippen LogP contribution in [0.2, 0.25) is 0 Å². The number of anilines is 1. The number of nitrogens with zero attached hydrogens (tertiary/aromatic N) is 1. The molecule has 1 amide bonds. The van der Waals surface area contributed by atoms with Crippen molar-refractivity contribution in [2.24, 2.45) is 5.92 Å². The summed E-state index contributed by atoms with van der Waals surface area (Å²) in [5, 5.41) is 9.36. The minimum absolute atomic E-state index is 0.0354. The zero-order valence-electron chi connectivity index (χ0n) is 9.89. The van der Waals surface area contributed by atoms with Gasteiger partial charge in [-0.3, -0.25) is 4.79 Å². The largest absolute Gasteiger partial charge is 0.392 e. The molecule has 0 radical (unpaired) electrons. The Morgan fingerprint density at radius 3 is 2.88 bits per heavy atom. The van der Waals surface area contributed by atoms with Crippen LogP contribution in [0.5, 0.6) is 0 Å². The molecular weight excluding hydrogens is 234 g/mol. The molecule has 0 saturated carbocycles. The van der Waals surface area contributed by atoms with Crippen LogP contribution in [0.3, 0.4) is 0 Å². The van der Waals surface area contributed by atoms with Gasteiger partial charge in [-0.15, -0.1) is 0 Å². The number of aryl methyl sites for hydroxylation is 1. The lowest BCUT2D eigenvalue weighted by molar-refractivity contribution is -0.117. The van der Waals surface area contributed by atoms with Crippen LogP contribution in [0.1, 0.15) is 17.5 Å². The third-order valence-electron chi connectivity index (χ3n) is 3.16. The summed E-state index contributed by atoms with van der Waals surface area (Å²) in [5.41, 5.74) is 2.75. The third kappa shape index (κ3) is 2.48. The minimum atomic E-state index is -0.0354. The number of carbonyl (C=O) groups is 1. The third-order valence-corrected chi connectivity index (χ3v) is 3.68. The maximum atomic E-state index is 11.9. The minimum Gasteiger partial charge on any atom is -0.392 e. The first-order valence-corrected chi connectivity index (χ1v) is 6.40. The van der Waals surface area contributed by atoms with Gasteiger partial charge < -0.3 is 10.0 Å². The van der Waals surface area contributed by atoms with Crippen LogP contribution in [0.15, 0.2) is 18.2 Å². The van der Waals surface area contributed by atoms with E-state index < -0.39 is 0 Å². The predicted octanol–water partition coefficient (Wildman–Crippen LogP) is 1.77. The second-order valence-electron chi connectivity index (χ2n) is 4.55. The number of benzene rings is 1. The lowest BCUT2D eigenvalue weighted by Gasteiger charge is -2.20. The van der Waals surface area contributed by atoms with Gasteiger partial charge in [-0.25, -0.2) is 0 Å². The lowest BCUT2D eigenvalue weighted by atomic mass is 10.1. The van der Waals surface area contributed by atoms with Crippen molar-refractivity contribution in [1.82, 2.24) is 0 Å². The van der Waals surface area contributed by atoms with Crippen LogP contribution in [0, 0.1) is 12.8 Å². The van der Waals surface area contributed by atoms with E-state index in [0.717, 1.165) is 22.6 Å². The lowest BCUT2D eigenvalue weighted by Crippen LogP contribution is -2.25. The van der Waals surface area contributed by atoms with Crippen LogP contribution in [-0.2, 0) is 11.4 Å². The van der Waals surface area contributed by atoms with Crippen LogP contribution < -0.4 is 4.90 Å². The molecule has 1 unspecified atom stereocenters. The zero-order valence-corrected chi connectivity index (χ0v) is 10.8. The predicted molar refractivity (Wildman–Crippen MR) is 71.4 cm³/mol. The average molecular weight is 251 g/mol. The van der Waals surface area contributed by atoms with E-state index >= 15 is 0 Å². The summed E-state index contributed by atoms with van der Waals surface area (Å²) < 4.78 is 0. The highest BCUT2D eigenvalue weighted by atomic mass is 32.1. The Kier molecular flexibility index (Phi) is 3.74. The molecule has 1 aromatic rings. The highest BCUT2D eigenvalue weighted by Gasteiger charge is 2.30. The number of rotatable bonds is 3. The van der Waals surface area contributed by atoms with E-state index in [1.807, 2.05) is 25.1 Å². The summed E-state index contributed by atoms with van der Waals surface area (Å²) in [6, 6.07) is 5.81. The second kappa shape index (κ2) is 5.10. The first kappa shape index (κ1) is 12.5. The van der Waals surface area contributed by atoms with Gasteiger partial charge in [-0.1, -0.05) is 17.7 Å². The molecule has 0 aromatic heterocycles. The van der Waals surface area contributed by atoms with Gasteiger partial charge >= 0.3 is 0 Å². The number of thiol groups is 1. The first-order chi connectivity index (χ1) is 8.15. The molecule has 0 aliphatic carbocycles. The second-order valence-corrected chi connectivity index (χ2v) is 4.91. The molecule has 92 valence electrons. The number of hydrogen-bond donors (Lipinski definition) is 2. The van der Waals surface area contributed by atoms with E-state index in [1.165, 1.54) is 0 Å². The highest BCUT2D eigenvalue weighted by molar-refractivity contribution is 7.80. The van der Waals surface area contributed by atoms with Crippen molar-refractivity contribution in [2.45, 2.75) is 20.0 Å². The van der Waals surface area contributed by atoms with Gasteiger partial charge in [0.15, 0.2) is 0 Å². The Labute approximate surface area is 107 Å². The van der Waals surface area contributed by atoms with Gasteiger partial charge in [-0.05, 0) is 24.7 Å². The van der Waals surface area contributed by atoms with Crippen LogP contribution >= 0.6 is 12.6 Å². The molecule has 1 aromatic carbocycles. The van der Waals surface area contributed by atoms with E-state index in [4.69, 9.17) is 0 Å². The van der Waals surface area contributed by atoms with Gasteiger partial charge in [0.25, 0.3) is 0 Å². The Hall–Kier alpha value is -1.00. The van der Waals surface area contributed by atoms with Gasteiger partial charge in [0.1, 0.15) is 0 Å². The molecule has 2 rings (SSSR count). The Balaban J connectivity index is 2.31. The smallest absolute Gasteiger partial charge is 0.227 e. The molecule has 1 aliphatic heterocycles. The topological polar surface area (TPSA) is 40.5 Å². The van der Waals surface area contributed by atoms with Crippen molar-refractivity contribution in [3.05, 3.63) is 29.3 Å². The molecule has 17 heavy (non-hydrogen) atoms. The molecule has 3 nitrogen and oxygen atoms in total. The van der Waals surface area contributed by atoms with Crippen molar-refractivity contribution < 1.29 is 9.90 Å². The molecule has 0 bridgehead atoms. The van der Waals surface area contributed by atoms with Gasteiger partial charge in [0.2, 0.25) is 5.91 Å². The van der Waals surface area contributed by atoms with Gasteiger partial charge in [-0.2, -0.15) is 12.6 Å². The summed E-state index contributed by atoms with van der Waals surface area (Å²) in [5.74, 6) is 1.17. The molecule has 1 N–H and O–H groups in total. The summed E-state index contributed by atoms with van der Waals surface area (Å²) >= 11 is 4.25. The quantitative estimate of drug-likeness (QED) is 0.804. The fraction of sp³-hybridized carbons (Fsp3) is 0.462. The molecule has 0 spiro atoms. The highest BCUT2D eigenvalue weighted by Crippen LogP contribution is 2.29. The molecule has 4 heteroatoms. The number of carbonyl (C=O) groups excluding carboxylic acids is 1. The number of aliphatic hydroxyl groups is 1. The van der Waals surface area contributed by atoms with E-state index in [1.54, 1.807) is 4.90 Å². The van der Waals surface area contributed by atoms with Crippen molar-refractivity contribution >= 4 is 24.2 Å². The maximum Gasteiger partial charge on any atom is 0.227 e. The van der Waals surface area contributed by atoms with Gasteiger partial charge in [0.05, 0.1) is 6.61 Å². The number of aliphatic hydroxyl groups excluding tert-OH is 1. The Bertz CT molecular complexity index is 433. The van der Waals surface area contributed by atoms with Crippen molar-refractivity contribution in [1.29, 1.82) is 0 Å². The monoisotopic (exact) mass is 251 g/mol. The van der Waals surface area contributed by atoms with E-state index in [9.17, 15) is 9.90 Å². The first-order valence-electron chi connectivity index (χ1n) is 5.77. The van der Waals surface area contributed by atoms with Crippen LogP contribution in [0.25, 0.3) is 0 Å². The molecular formula is C13H17NO2S. The number of amides is 1. The molecule has 1 heterocycles. The van der Waals surface area contributed by atoms with Crippen LogP contribution in [-0.4, -0.2) is 23.3 Å². The summed E-state index contributed by atoms with van der Waals surface area (Å²) in [6.45, 7) is 2.65. The fourth-order valence-electron chi connectivity index (χ4n) is 2.24. The van der Waals surface area contributed by atoms with E-state index in [2.05, 4.69) is 12.6 Å². The van der Waals surface area contributed by atoms with Crippen molar-refractivity contribution in [2.75, 3.05) is 17.2 Å². The summed E-state index contributed by atoms with van der Waals surface area (Å²) in [7, 11) is 0. The molecule has 1 atom stereocenters. The Morgan fingerprint density at radius 1 is 1.53 bits per heavy atom. The average Bonchev–Trinajstić information content (AvgIpc) is 2.70. The normalized spacial score (nSPS) is 20.1. The standard InChI is InChI=1S/C13H17NO2S/c1-9-2-3-12(11(4-9)7-15)14-6-10(8-17)5-13(14)16/h2-4,10,15,17H,5-8H2,1H3. The summed E-state index contributed by atoms with van der Waals surface area (Å²) in [6.07, 6.45) is 0.558. The van der Waals surface area contributed by atoms with E-state index in [0.29, 0.717) is 18.9 Å². The SMILES string of the molecule is Cc1ccc(N2CC(CS)CC2=O)c(CO)c1. The van der Waals surface area contributed by atoms with Gasteiger partial charge in [0, 0.05) is 24.2 Å². The fourth-order valence-corrected chi connectivity index (χ4v) is 2.49. The van der Waals surface area contributed by atoms with Crippen molar-refractivity contribution in [3.63, 3.8) is 0 Å². The van der Waals surface area contributed by atoms with E-state index in [-0.39, 0.29) is 12.5 Å². The zero-order chi connectivity index (χ0) is 12.4.